The van der Waals surface area contributed by atoms with Crippen LogP contribution in [-0.4, -0.2) is 38.0 Å². The second kappa shape index (κ2) is 10.4. The summed E-state index contributed by atoms with van der Waals surface area (Å²) in [6.07, 6.45) is 0. The quantitative estimate of drug-likeness (QED) is 0.546. The predicted octanol–water partition coefficient (Wildman–Crippen LogP) is 3.24. The Morgan fingerprint density at radius 3 is 2.50 bits per heavy atom. The normalized spacial score (nSPS) is 10.1. The van der Waals surface area contributed by atoms with Crippen LogP contribution in [0.5, 0.6) is 11.5 Å². The SMILES string of the molecule is CCOc1cccc(NC(=S)NC(=O)c2ccc(OCCOC)cc2)c1. The molecular weight excluding hydrogens is 352 g/mol. The summed E-state index contributed by atoms with van der Waals surface area (Å²) in [5.41, 5.74) is 1.22. The molecular formula is C19H22N2O4S. The first-order valence-corrected chi connectivity index (χ1v) is 8.60. The Bertz CT molecular complexity index is 735. The average molecular weight is 374 g/mol. The fourth-order valence-electron chi connectivity index (χ4n) is 2.11. The molecule has 2 aromatic rings. The molecule has 0 heterocycles. The molecule has 6 nitrogen and oxygen atoms in total. The molecule has 0 aromatic heterocycles. The van der Waals surface area contributed by atoms with Gasteiger partial charge in [-0.3, -0.25) is 10.1 Å². The summed E-state index contributed by atoms with van der Waals surface area (Å²) in [5, 5.41) is 5.83. The largest absolute Gasteiger partial charge is 0.494 e. The van der Waals surface area contributed by atoms with Crippen LogP contribution in [0, 0.1) is 0 Å². The number of amides is 1. The molecule has 0 spiro atoms. The van der Waals surface area contributed by atoms with E-state index in [0.29, 0.717) is 31.1 Å². The molecule has 138 valence electrons. The van der Waals surface area contributed by atoms with Crippen molar-refractivity contribution in [1.29, 1.82) is 0 Å². The number of hydrogen-bond donors (Lipinski definition) is 2. The van der Waals surface area contributed by atoms with Gasteiger partial charge in [-0.15, -0.1) is 0 Å². The maximum absolute atomic E-state index is 12.3. The van der Waals surface area contributed by atoms with Crippen molar-refractivity contribution in [3.63, 3.8) is 0 Å². The van der Waals surface area contributed by atoms with Gasteiger partial charge < -0.3 is 19.5 Å². The second-order valence-electron chi connectivity index (χ2n) is 5.23. The Labute approximate surface area is 158 Å². The minimum atomic E-state index is -0.299. The Kier molecular flexibility index (Phi) is 7.85. The Balaban J connectivity index is 1.88. The van der Waals surface area contributed by atoms with Crippen LogP contribution in [0.2, 0.25) is 0 Å². The van der Waals surface area contributed by atoms with Crippen LogP contribution in [0.1, 0.15) is 17.3 Å². The van der Waals surface area contributed by atoms with Crippen molar-refractivity contribution in [3.05, 3.63) is 54.1 Å². The number of anilines is 1. The van der Waals surface area contributed by atoms with Gasteiger partial charge >= 0.3 is 0 Å². The molecule has 0 atom stereocenters. The van der Waals surface area contributed by atoms with E-state index in [1.807, 2.05) is 31.2 Å². The zero-order valence-corrected chi connectivity index (χ0v) is 15.6. The van der Waals surface area contributed by atoms with E-state index in [1.54, 1.807) is 31.4 Å². The summed E-state index contributed by atoms with van der Waals surface area (Å²) in [6, 6.07) is 14.2. The lowest BCUT2D eigenvalue weighted by Crippen LogP contribution is -2.34. The van der Waals surface area contributed by atoms with Crippen LogP contribution < -0.4 is 20.1 Å². The molecule has 2 rings (SSSR count). The van der Waals surface area contributed by atoms with Gasteiger partial charge in [-0.1, -0.05) is 6.07 Å². The van der Waals surface area contributed by atoms with Crippen molar-refractivity contribution in [2.45, 2.75) is 6.92 Å². The molecule has 2 aromatic carbocycles. The second-order valence-corrected chi connectivity index (χ2v) is 5.64. The van der Waals surface area contributed by atoms with Gasteiger partial charge in [0.15, 0.2) is 5.11 Å². The highest BCUT2D eigenvalue weighted by Crippen LogP contribution is 2.17. The topological polar surface area (TPSA) is 68.8 Å². The summed E-state index contributed by atoms with van der Waals surface area (Å²) in [6.45, 7) is 3.46. The Morgan fingerprint density at radius 2 is 1.81 bits per heavy atom. The monoisotopic (exact) mass is 374 g/mol. The lowest BCUT2D eigenvalue weighted by molar-refractivity contribution is 0.0977. The number of rotatable bonds is 8. The summed E-state index contributed by atoms with van der Waals surface area (Å²) in [5.74, 6) is 1.11. The van der Waals surface area contributed by atoms with E-state index in [4.69, 9.17) is 26.4 Å². The molecule has 0 aliphatic carbocycles. The lowest BCUT2D eigenvalue weighted by atomic mass is 10.2. The Morgan fingerprint density at radius 1 is 1.04 bits per heavy atom. The van der Waals surface area contributed by atoms with Gasteiger partial charge in [0.05, 0.1) is 13.2 Å². The summed E-state index contributed by atoms with van der Waals surface area (Å²) in [7, 11) is 1.61. The van der Waals surface area contributed by atoms with Crippen LogP contribution in [0.4, 0.5) is 5.69 Å². The first-order chi connectivity index (χ1) is 12.6. The molecule has 0 unspecified atom stereocenters. The van der Waals surface area contributed by atoms with Gasteiger partial charge in [0, 0.05) is 24.4 Å². The molecule has 0 aliphatic rings. The maximum Gasteiger partial charge on any atom is 0.257 e. The highest BCUT2D eigenvalue weighted by molar-refractivity contribution is 7.80. The number of hydrogen-bond acceptors (Lipinski definition) is 5. The van der Waals surface area contributed by atoms with Crippen LogP contribution in [0.15, 0.2) is 48.5 Å². The number of carbonyl (C=O) groups excluding carboxylic acids is 1. The number of carbonyl (C=O) groups is 1. The fourth-order valence-corrected chi connectivity index (χ4v) is 2.32. The average Bonchev–Trinajstić information content (AvgIpc) is 2.63. The van der Waals surface area contributed by atoms with Crippen LogP contribution in [0.3, 0.4) is 0 Å². The first-order valence-electron chi connectivity index (χ1n) is 8.19. The van der Waals surface area contributed by atoms with Crippen molar-refractivity contribution in [2.24, 2.45) is 0 Å². The number of thiocarbonyl (C=S) groups is 1. The molecule has 0 bridgehead atoms. The van der Waals surface area contributed by atoms with Crippen molar-refractivity contribution in [2.75, 3.05) is 32.2 Å². The third-order valence-corrected chi connectivity index (χ3v) is 3.51. The minimum absolute atomic E-state index is 0.212. The number of nitrogens with one attached hydrogen (secondary N) is 2. The third kappa shape index (κ3) is 6.34. The minimum Gasteiger partial charge on any atom is -0.494 e. The molecule has 0 fully saturated rings. The van der Waals surface area contributed by atoms with Crippen molar-refractivity contribution >= 4 is 28.9 Å². The van der Waals surface area contributed by atoms with Crippen LogP contribution in [0.25, 0.3) is 0 Å². The molecule has 2 N–H and O–H groups in total. The number of benzene rings is 2. The number of ether oxygens (including phenoxy) is 3. The zero-order valence-electron chi connectivity index (χ0n) is 14.8. The molecule has 26 heavy (non-hydrogen) atoms. The van der Waals surface area contributed by atoms with E-state index in [9.17, 15) is 4.79 Å². The molecule has 0 saturated heterocycles. The summed E-state index contributed by atoms with van der Waals surface area (Å²) >= 11 is 5.19. The predicted molar refractivity (Wildman–Crippen MR) is 105 cm³/mol. The molecule has 1 amide bonds. The van der Waals surface area contributed by atoms with E-state index in [2.05, 4.69) is 10.6 Å². The zero-order chi connectivity index (χ0) is 18.8. The Hall–Kier alpha value is -2.64. The van der Waals surface area contributed by atoms with E-state index in [1.165, 1.54) is 0 Å². The van der Waals surface area contributed by atoms with Crippen LogP contribution in [-0.2, 0) is 4.74 Å². The molecule has 0 aliphatic heterocycles. The molecule has 0 saturated carbocycles. The van der Waals surface area contributed by atoms with Crippen molar-refractivity contribution < 1.29 is 19.0 Å². The van der Waals surface area contributed by atoms with Gasteiger partial charge in [-0.2, -0.15) is 0 Å². The lowest BCUT2D eigenvalue weighted by Gasteiger charge is -2.11. The van der Waals surface area contributed by atoms with Gasteiger partial charge in [-0.05, 0) is 55.5 Å². The molecule has 0 radical (unpaired) electrons. The number of methoxy groups -OCH3 is 1. The van der Waals surface area contributed by atoms with Crippen molar-refractivity contribution in [3.8, 4) is 11.5 Å². The van der Waals surface area contributed by atoms with Gasteiger partial charge in [0.25, 0.3) is 5.91 Å². The summed E-state index contributed by atoms with van der Waals surface area (Å²) < 4.78 is 15.8. The standard InChI is InChI=1S/C19H22N2O4S/c1-3-24-17-6-4-5-15(13-17)20-19(26)21-18(22)14-7-9-16(10-8-14)25-12-11-23-2/h4-10,13H,3,11-12H2,1-2H3,(H2,20,21,22,26). The maximum atomic E-state index is 12.3. The van der Waals surface area contributed by atoms with E-state index < -0.39 is 0 Å². The fraction of sp³-hybridized carbons (Fsp3) is 0.263. The third-order valence-electron chi connectivity index (χ3n) is 3.30. The van der Waals surface area contributed by atoms with Crippen LogP contribution >= 0.6 is 12.2 Å². The van der Waals surface area contributed by atoms with Gasteiger partial charge in [0.1, 0.15) is 18.1 Å². The van der Waals surface area contributed by atoms with Gasteiger partial charge in [0.2, 0.25) is 0 Å². The van der Waals surface area contributed by atoms with E-state index in [0.717, 1.165) is 11.4 Å². The molecule has 7 heteroatoms. The van der Waals surface area contributed by atoms with Crippen molar-refractivity contribution in [1.82, 2.24) is 5.32 Å². The van der Waals surface area contributed by atoms with E-state index in [-0.39, 0.29) is 11.0 Å². The van der Waals surface area contributed by atoms with Gasteiger partial charge in [-0.25, -0.2) is 0 Å². The first kappa shape index (κ1) is 19.7. The smallest absolute Gasteiger partial charge is 0.257 e. The highest BCUT2D eigenvalue weighted by Gasteiger charge is 2.08. The van der Waals surface area contributed by atoms with E-state index >= 15 is 0 Å². The summed E-state index contributed by atoms with van der Waals surface area (Å²) in [4.78, 5) is 12.3. The highest BCUT2D eigenvalue weighted by atomic mass is 32.1.